The summed E-state index contributed by atoms with van der Waals surface area (Å²) in [5.41, 5.74) is 2.07. The van der Waals surface area contributed by atoms with Gasteiger partial charge in [-0.05, 0) is 42.3 Å². The van der Waals surface area contributed by atoms with Crippen molar-refractivity contribution in [3.05, 3.63) is 47.1 Å². The Morgan fingerprint density at radius 2 is 2.20 bits per heavy atom. The number of hydrogen-bond acceptors (Lipinski definition) is 4. The van der Waals surface area contributed by atoms with Crippen molar-refractivity contribution < 1.29 is 8.42 Å². The predicted octanol–water partition coefficient (Wildman–Crippen LogP) is 2.84. The Balaban J connectivity index is 1.99. The van der Waals surface area contributed by atoms with Crippen LogP contribution in [0.2, 0.25) is 0 Å². The molecule has 0 spiro atoms. The van der Waals surface area contributed by atoms with Crippen LogP contribution >= 0.6 is 11.3 Å². The number of sulfonamides is 1. The molecule has 2 aromatic heterocycles. The molecule has 0 aliphatic heterocycles. The van der Waals surface area contributed by atoms with Crippen LogP contribution in [0.4, 0.5) is 0 Å². The minimum Gasteiger partial charge on any atom is -0.259 e. The highest BCUT2D eigenvalue weighted by Gasteiger charge is 2.33. The van der Waals surface area contributed by atoms with Crippen LogP contribution in [0.5, 0.6) is 0 Å². The van der Waals surface area contributed by atoms with Gasteiger partial charge in [-0.2, -0.15) is 4.31 Å². The number of aryl methyl sites for hydroxylation is 1. The van der Waals surface area contributed by atoms with E-state index in [1.54, 1.807) is 30.8 Å². The lowest BCUT2D eigenvalue weighted by atomic mass is 9.92. The normalized spacial score (nSPS) is 19.0. The van der Waals surface area contributed by atoms with Crippen LogP contribution in [0.3, 0.4) is 0 Å². The smallest absolute Gasteiger partial charge is 0.252 e. The van der Waals surface area contributed by atoms with Gasteiger partial charge in [-0.1, -0.05) is 12.1 Å². The molecule has 2 heterocycles. The van der Waals surface area contributed by atoms with E-state index in [-0.39, 0.29) is 6.04 Å². The quantitative estimate of drug-likeness (QED) is 0.876. The van der Waals surface area contributed by atoms with E-state index in [2.05, 4.69) is 4.98 Å². The molecule has 0 amide bonds. The lowest BCUT2D eigenvalue weighted by Crippen LogP contribution is -2.33. The molecular weight excluding hydrogens is 292 g/mol. The second-order valence-electron chi connectivity index (χ2n) is 4.91. The molecule has 20 heavy (non-hydrogen) atoms. The second-order valence-corrected chi connectivity index (χ2v) is 8.08. The standard InChI is InChI=1S/C14H16N2O2S2/c1-16(20(17,18)13-8-4-10-19-13)12-7-2-5-11-6-3-9-15-14(11)12/h3-4,6,8-10,12H,2,5,7H2,1H3/t12-/m0/s1. The molecule has 2 aromatic rings. The van der Waals surface area contributed by atoms with Crippen molar-refractivity contribution in [1.29, 1.82) is 0 Å². The molecule has 106 valence electrons. The van der Waals surface area contributed by atoms with Gasteiger partial charge in [0.2, 0.25) is 0 Å². The molecule has 0 bridgehead atoms. The summed E-state index contributed by atoms with van der Waals surface area (Å²) in [6, 6.07) is 7.21. The molecule has 1 aliphatic carbocycles. The zero-order chi connectivity index (χ0) is 14.2. The van der Waals surface area contributed by atoms with E-state index >= 15 is 0 Å². The number of thiophene rings is 1. The van der Waals surface area contributed by atoms with Gasteiger partial charge in [0.25, 0.3) is 10.0 Å². The summed E-state index contributed by atoms with van der Waals surface area (Å²) in [5.74, 6) is 0. The first kappa shape index (κ1) is 13.7. The Morgan fingerprint density at radius 1 is 1.35 bits per heavy atom. The van der Waals surface area contributed by atoms with E-state index in [9.17, 15) is 8.42 Å². The van der Waals surface area contributed by atoms with E-state index in [0.29, 0.717) is 4.21 Å². The Labute approximate surface area is 123 Å². The fourth-order valence-electron chi connectivity index (χ4n) is 2.66. The van der Waals surface area contributed by atoms with Gasteiger partial charge in [0.1, 0.15) is 4.21 Å². The first-order valence-electron chi connectivity index (χ1n) is 6.56. The van der Waals surface area contributed by atoms with Gasteiger partial charge in [0.05, 0.1) is 11.7 Å². The Hall–Kier alpha value is -1.24. The average Bonchev–Trinajstić information content (AvgIpc) is 3.01. The fraction of sp³-hybridized carbons (Fsp3) is 0.357. The van der Waals surface area contributed by atoms with Crippen LogP contribution in [0.1, 0.15) is 30.1 Å². The molecule has 0 N–H and O–H groups in total. The molecule has 1 atom stereocenters. The summed E-state index contributed by atoms with van der Waals surface area (Å²) in [5, 5.41) is 1.79. The van der Waals surface area contributed by atoms with Crippen molar-refractivity contribution in [2.45, 2.75) is 29.5 Å². The van der Waals surface area contributed by atoms with E-state index in [4.69, 9.17) is 0 Å². The highest BCUT2D eigenvalue weighted by molar-refractivity contribution is 7.91. The molecule has 0 saturated carbocycles. The SMILES string of the molecule is CN([C@H]1CCCc2cccnc21)S(=O)(=O)c1cccs1. The van der Waals surface area contributed by atoms with Gasteiger partial charge >= 0.3 is 0 Å². The molecule has 0 fully saturated rings. The summed E-state index contributed by atoms with van der Waals surface area (Å²) in [6.07, 6.45) is 4.54. The molecule has 1 aliphatic rings. The summed E-state index contributed by atoms with van der Waals surface area (Å²) < 4.78 is 27.1. The molecule has 3 rings (SSSR count). The third kappa shape index (κ3) is 2.28. The van der Waals surface area contributed by atoms with Crippen molar-refractivity contribution in [3.8, 4) is 0 Å². The van der Waals surface area contributed by atoms with E-state index in [0.717, 1.165) is 30.5 Å². The van der Waals surface area contributed by atoms with Crippen LogP contribution in [0, 0.1) is 0 Å². The van der Waals surface area contributed by atoms with Crippen LogP contribution in [0.25, 0.3) is 0 Å². The predicted molar refractivity (Wildman–Crippen MR) is 79.2 cm³/mol. The van der Waals surface area contributed by atoms with Crippen molar-refractivity contribution in [1.82, 2.24) is 9.29 Å². The third-order valence-corrected chi connectivity index (χ3v) is 6.97. The molecule has 0 unspecified atom stereocenters. The third-order valence-electron chi connectivity index (χ3n) is 3.73. The van der Waals surface area contributed by atoms with E-state index in [1.165, 1.54) is 15.6 Å². The molecule has 4 nitrogen and oxygen atoms in total. The topological polar surface area (TPSA) is 50.3 Å². The first-order chi connectivity index (χ1) is 9.60. The van der Waals surface area contributed by atoms with Crippen LogP contribution in [-0.4, -0.2) is 24.8 Å². The maximum Gasteiger partial charge on any atom is 0.252 e. The number of nitrogens with zero attached hydrogens (tertiary/aromatic N) is 2. The Morgan fingerprint density at radius 3 is 2.95 bits per heavy atom. The molecule has 6 heteroatoms. The van der Waals surface area contributed by atoms with E-state index < -0.39 is 10.0 Å². The lowest BCUT2D eigenvalue weighted by Gasteiger charge is -2.31. The molecule has 0 aromatic carbocycles. The fourth-order valence-corrected chi connectivity index (χ4v) is 5.19. The summed E-state index contributed by atoms with van der Waals surface area (Å²) in [7, 11) is -1.77. The number of fused-ring (bicyclic) bond motifs is 1. The maximum absolute atomic E-state index is 12.6. The van der Waals surface area contributed by atoms with Gasteiger partial charge < -0.3 is 0 Å². The number of rotatable bonds is 3. The zero-order valence-electron chi connectivity index (χ0n) is 11.2. The van der Waals surface area contributed by atoms with Gasteiger partial charge in [-0.3, -0.25) is 4.98 Å². The highest BCUT2D eigenvalue weighted by Crippen LogP contribution is 2.35. The van der Waals surface area contributed by atoms with Gasteiger partial charge in [-0.15, -0.1) is 11.3 Å². The lowest BCUT2D eigenvalue weighted by molar-refractivity contribution is 0.330. The summed E-state index contributed by atoms with van der Waals surface area (Å²) in [4.78, 5) is 4.41. The van der Waals surface area contributed by atoms with Gasteiger partial charge in [0.15, 0.2) is 0 Å². The number of hydrogen-bond donors (Lipinski definition) is 0. The molecular formula is C14H16N2O2S2. The van der Waals surface area contributed by atoms with Crippen LogP contribution in [0.15, 0.2) is 40.1 Å². The van der Waals surface area contributed by atoms with E-state index in [1.807, 2.05) is 12.1 Å². The Kier molecular flexibility index (Phi) is 3.62. The number of aromatic nitrogens is 1. The van der Waals surface area contributed by atoms with Crippen molar-refractivity contribution in [3.63, 3.8) is 0 Å². The van der Waals surface area contributed by atoms with Gasteiger partial charge in [-0.25, -0.2) is 8.42 Å². The van der Waals surface area contributed by atoms with Crippen molar-refractivity contribution in [2.75, 3.05) is 7.05 Å². The highest BCUT2D eigenvalue weighted by atomic mass is 32.2. The second kappa shape index (κ2) is 5.27. The van der Waals surface area contributed by atoms with Crippen molar-refractivity contribution >= 4 is 21.4 Å². The maximum atomic E-state index is 12.6. The minimum atomic E-state index is -3.43. The van der Waals surface area contributed by atoms with Crippen LogP contribution in [-0.2, 0) is 16.4 Å². The number of pyridine rings is 1. The van der Waals surface area contributed by atoms with Crippen molar-refractivity contribution in [2.24, 2.45) is 0 Å². The molecule has 0 saturated heterocycles. The average molecular weight is 308 g/mol. The van der Waals surface area contributed by atoms with Gasteiger partial charge in [0, 0.05) is 13.2 Å². The largest absolute Gasteiger partial charge is 0.259 e. The monoisotopic (exact) mass is 308 g/mol. The Bertz CT molecular complexity index is 696. The van der Waals surface area contributed by atoms with Crippen LogP contribution < -0.4 is 0 Å². The summed E-state index contributed by atoms with van der Waals surface area (Å²) >= 11 is 1.25. The minimum absolute atomic E-state index is 0.160. The summed E-state index contributed by atoms with van der Waals surface area (Å²) in [6.45, 7) is 0. The first-order valence-corrected chi connectivity index (χ1v) is 8.88. The zero-order valence-corrected chi connectivity index (χ0v) is 12.8. The molecule has 0 radical (unpaired) electrons.